The molecular formula is C8H18O2S2. The van der Waals surface area contributed by atoms with Crippen LogP contribution in [-0.2, 0) is 0 Å². The van der Waals surface area contributed by atoms with Gasteiger partial charge in [0.2, 0.25) is 0 Å². The van der Waals surface area contributed by atoms with Crippen LogP contribution in [0.3, 0.4) is 0 Å². The number of thiol groups is 2. The Hall–Kier alpha value is 0.620. The minimum Gasteiger partial charge on any atom is -0.396 e. The van der Waals surface area contributed by atoms with Gasteiger partial charge < -0.3 is 10.2 Å². The van der Waals surface area contributed by atoms with Crippen LogP contribution in [0.5, 0.6) is 0 Å². The Morgan fingerprint density at radius 1 is 1.17 bits per heavy atom. The van der Waals surface area contributed by atoms with Crippen LogP contribution in [0.4, 0.5) is 0 Å². The molecule has 4 heteroatoms. The summed E-state index contributed by atoms with van der Waals surface area (Å²) in [5.74, 6) is 0.601. The Morgan fingerprint density at radius 3 is 2.33 bits per heavy atom. The van der Waals surface area contributed by atoms with E-state index in [1.807, 2.05) is 0 Å². The van der Waals surface area contributed by atoms with Crippen molar-refractivity contribution in [3.63, 3.8) is 0 Å². The molecule has 0 bridgehead atoms. The van der Waals surface area contributed by atoms with E-state index in [4.69, 9.17) is 5.11 Å². The number of hydrogen-bond acceptors (Lipinski definition) is 4. The van der Waals surface area contributed by atoms with E-state index in [2.05, 4.69) is 25.3 Å². The Morgan fingerprint density at radius 2 is 1.83 bits per heavy atom. The molecule has 0 spiro atoms. The van der Waals surface area contributed by atoms with E-state index >= 15 is 0 Å². The van der Waals surface area contributed by atoms with E-state index < -0.39 is 0 Å². The molecule has 0 heterocycles. The lowest BCUT2D eigenvalue weighted by molar-refractivity contribution is 0.162. The minimum atomic E-state index is -0.357. The van der Waals surface area contributed by atoms with Crippen LogP contribution in [0.15, 0.2) is 0 Å². The molecule has 0 aliphatic heterocycles. The molecule has 2 N–H and O–H groups in total. The lowest BCUT2D eigenvalue weighted by Gasteiger charge is -2.15. The molecule has 0 rings (SSSR count). The van der Waals surface area contributed by atoms with Gasteiger partial charge in [0, 0.05) is 17.6 Å². The van der Waals surface area contributed by atoms with E-state index in [9.17, 15) is 5.11 Å². The van der Waals surface area contributed by atoms with E-state index in [1.165, 1.54) is 0 Å². The van der Waals surface area contributed by atoms with Crippen LogP contribution in [-0.4, -0.2) is 33.9 Å². The van der Waals surface area contributed by atoms with Crippen molar-refractivity contribution in [2.45, 2.75) is 37.0 Å². The van der Waals surface area contributed by atoms with Gasteiger partial charge in [-0.25, -0.2) is 0 Å². The Labute approximate surface area is 85.2 Å². The third kappa shape index (κ3) is 6.17. The van der Waals surface area contributed by atoms with E-state index in [-0.39, 0.29) is 18.0 Å². The van der Waals surface area contributed by atoms with Gasteiger partial charge in [-0.2, -0.15) is 25.3 Å². The highest BCUT2D eigenvalue weighted by atomic mass is 32.1. The average molecular weight is 210 g/mol. The molecule has 0 fully saturated rings. The predicted molar refractivity (Wildman–Crippen MR) is 58.2 cm³/mol. The smallest absolute Gasteiger partial charge is 0.0664 e. The van der Waals surface area contributed by atoms with Crippen LogP contribution in [0.2, 0.25) is 0 Å². The van der Waals surface area contributed by atoms with E-state index in [0.717, 1.165) is 25.7 Å². The molecule has 0 aromatic heterocycles. The quantitative estimate of drug-likeness (QED) is 0.376. The maximum Gasteiger partial charge on any atom is 0.0664 e. The summed E-state index contributed by atoms with van der Waals surface area (Å²) in [6, 6.07) is 0. The molecule has 0 saturated carbocycles. The second kappa shape index (κ2) is 8.23. The fourth-order valence-electron chi connectivity index (χ4n) is 0.956. The number of aliphatic hydroxyl groups is 2. The first-order valence-electron chi connectivity index (χ1n) is 4.30. The lowest BCUT2D eigenvalue weighted by Crippen LogP contribution is -2.22. The highest BCUT2D eigenvalue weighted by Gasteiger charge is 2.12. The van der Waals surface area contributed by atoms with Gasteiger partial charge >= 0.3 is 0 Å². The third-order valence-corrected chi connectivity index (χ3v) is 3.00. The van der Waals surface area contributed by atoms with Crippen LogP contribution in [0.1, 0.15) is 25.7 Å². The maximum atomic E-state index is 9.43. The zero-order valence-electron chi connectivity index (χ0n) is 7.19. The standard InChI is InChI=1S/C8H18O2S2/c9-5-3-1-2-4-7(10)8(12)6-11/h7-12H,1-6H2. The molecule has 2 nitrogen and oxygen atoms in total. The molecule has 0 aliphatic carbocycles. The van der Waals surface area contributed by atoms with Crippen LogP contribution in [0.25, 0.3) is 0 Å². The largest absolute Gasteiger partial charge is 0.396 e. The summed E-state index contributed by atoms with van der Waals surface area (Å²) in [6.07, 6.45) is 3.15. The maximum absolute atomic E-state index is 9.43. The SMILES string of the molecule is OCCCCCC(O)C(S)CS. The highest BCUT2D eigenvalue weighted by Crippen LogP contribution is 2.11. The molecule has 0 aromatic carbocycles. The van der Waals surface area contributed by atoms with Gasteiger partial charge in [-0.1, -0.05) is 12.8 Å². The number of unbranched alkanes of at least 4 members (excludes halogenated alkanes) is 2. The van der Waals surface area contributed by atoms with Gasteiger partial charge in [-0.3, -0.25) is 0 Å². The summed E-state index contributed by atoms with van der Waals surface area (Å²) < 4.78 is 0. The van der Waals surface area contributed by atoms with Crippen molar-refractivity contribution in [1.29, 1.82) is 0 Å². The number of hydrogen-bond donors (Lipinski definition) is 4. The molecule has 0 aliphatic rings. The average Bonchev–Trinajstić information content (AvgIpc) is 2.10. The van der Waals surface area contributed by atoms with Crippen LogP contribution < -0.4 is 0 Å². The van der Waals surface area contributed by atoms with Gasteiger partial charge in [0.05, 0.1) is 6.10 Å². The predicted octanol–water partition coefficient (Wildman–Crippen LogP) is 1.13. The van der Waals surface area contributed by atoms with Gasteiger partial charge in [0.15, 0.2) is 0 Å². The van der Waals surface area contributed by atoms with Crippen molar-refractivity contribution in [2.24, 2.45) is 0 Å². The zero-order valence-corrected chi connectivity index (χ0v) is 8.98. The number of rotatable bonds is 7. The van der Waals surface area contributed by atoms with Crippen molar-refractivity contribution < 1.29 is 10.2 Å². The van der Waals surface area contributed by atoms with Crippen molar-refractivity contribution in [3.8, 4) is 0 Å². The summed E-state index contributed by atoms with van der Waals surface area (Å²) in [5.41, 5.74) is 0. The summed E-state index contributed by atoms with van der Waals surface area (Å²) in [4.78, 5) is 0. The zero-order chi connectivity index (χ0) is 9.40. The third-order valence-electron chi connectivity index (χ3n) is 1.79. The van der Waals surface area contributed by atoms with Gasteiger partial charge in [-0.05, 0) is 12.8 Å². The molecule has 0 amide bonds. The fraction of sp³-hybridized carbons (Fsp3) is 1.00. The minimum absolute atomic E-state index is 0.0255. The van der Waals surface area contributed by atoms with Crippen LogP contribution >= 0.6 is 25.3 Å². The highest BCUT2D eigenvalue weighted by molar-refractivity contribution is 7.84. The van der Waals surface area contributed by atoms with Crippen molar-refractivity contribution in [2.75, 3.05) is 12.4 Å². The van der Waals surface area contributed by atoms with Gasteiger partial charge in [0.25, 0.3) is 0 Å². The Bertz CT molecular complexity index is 101. The number of aliphatic hydroxyl groups excluding tert-OH is 2. The molecule has 2 unspecified atom stereocenters. The molecule has 74 valence electrons. The fourth-order valence-corrected chi connectivity index (χ4v) is 1.35. The lowest BCUT2D eigenvalue weighted by atomic mass is 10.1. The Kier molecular flexibility index (Phi) is 8.65. The van der Waals surface area contributed by atoms with Crippen molar-refractivity contribution >= 4 is 25.3 Å². The molecule has 2 atom stereocenters. The Balaban J connectivity index is 3.24. The van der Waals surface area contributed by atoms with Crippen LogP contribution in [0, 0.1) is 0 Å². The summed E-state index contributed by atoms with van der Waals surface area (Å²) in [6.45, 7) is 0.243. The summed E-state index contributed by atoms with van der Waals surface area (Å²) in [7, 11) is 0. The van der Waals surface area contributed by atoms with E-state index in [1.54, 1.807) is 0 Å². The molecule has 0 aromatic rings. The monoisotopic (exact) mass is 210 g/mol. The van der Waals surface area contributed by atoms with Crippen molar-refractivity contribution in [3.05, 3.63) is 0 Å². The summed E-state index contributed by atoms with van der Waals surface area (Å²) in [5, 5.41) is 17.9. The molecular weight excluding hydrogens is 192 g/mol. The molecule has 12 heavy (non-hydrogen) atoms. The van der Waals surface area contributed by atoms with E-state index in [0.29, 0.717) is 5.75 Å². The van der Waals surface area contributed by atoms with Crippen molar-refractivity contribution in [1.82, 2.24) is 0 Å². The first kappa shape index (κ1) is 12.6. The van der Waals surface area contributed by atoms with Gasteiger partial charge in [0.1, 0.15) is 0 Å². The summed E-state index contributed by atoms with van der Waals surface area (Å²) >= 11 is 8.22. The molecule has 0 saturated heterocycles. The first-order valence-corrected chi connectivity index (χ1v) is 5.45. The normalized spacial score (nSPS) is 16.0. The molecule has 0 radical (unpaired) electrons. The second-order valence-corrected chi connectivity index (χ2v) is 3.92. The van der Waals surface area contributed by atoms with Gasteiger partial charge in [-0.15, -0.1) is 0 Å². The second-order valence-electron chi connectivity index (χ2n) is 2.89. The topological polar surface area (TPSA) is 40.5 Å². The first-order chi connectivity index (χ1) is 5.72.